The van der Waals surface area contributed by atoms with Gasteiger partial charge in [-0.25, -0.2) is 4.68 Å². The lowest BCUT2D eigenvalue weighted by Crippen LogP contribution is -2.10. The maximum Gasteiger partial charge on any atom is 0.221 e. The molecule has 5 heteroatoms. The van der Waals surface area contributed by atoms with Crippen LogP contribution in [0.25, 0.3) is 0 Å². The molecule has 0 atom stereocenters. The van der Waals surface area contributed by atoms with Crippen LogP contribution < -0.4 is 4.80 Å². The van der Waals surface area contributed by atoms with E-state index in [0.717, 1.165) is 4.80 Å². The number of aryl methyl sites for hydroxylation is 1. The quantitative estimate of drug-likeness (QED) is 0.471. The van der Waals surface area contributed by atoms with Gasteiger partial charge in [0, 0.05) is 25.6 Å². The fourth-order valence-corrected chi connectivity index (χ4v) is 0.848. The number of hydrogen-bond acceptors (Lipinski definition) is 4. The minimum Gasteiger partial charge on any atom is -0.260 e. The van der Waals surface area contributed by atoms with Gasteiger partial charge in [-0.05, 0) is 0 Å². The fraction of sp³-hybridized carbons (Fsp3) is 0.667. The van der Waals surface area contributed by atoms with Gasteiger partial charge in [0.25, 0.3) is 0 Å². The first-order valence-corrected chi connectivity index (χ1v) is 2.90. The zero-order valence-electron chi connectivity index (χ0n) is 4.70. The molecule has 0 bridgehead atoms. The van der Waals surface area contributed by atoms with Crippen molar-refractivity contribution in [3.63, 3.8) is 0 Å². The molecule has 0 saturated heterocycles. The molecular formula is C3H6N4S. The Morgan fingerprint density at radius 3 is 2.75 bits per heavy atom. The molecule has 0 saturated carbocycles. The van der Waals surface area contributed by atoms with Crippen molar-refractivity contribution in [1.82, 2.24) is 14.4 Å². The third-order valence-electron chi connectivity index (χ3n) is 0.761. The van der Waals surface area contributed by atoms with E-state index in [-0.39, 0.29) is 0 Å². The molecule has 0 unspecified atom stereocenters. The highest BCUT2D eigenvalue weighted by atomic mass is 32.1. The molecule has 0 aliphatic carbocycles. The third kappa shape index (κ3) is 0.764. The van der Waals surface area contributed by atoms with Gasteiger partial charge < -0.3 is 0 Å². The Labute approximate surface area is 50.6 Å². The summed E-state index contributed by atoms with van der Waals surface area (Å²) >= 11 is 1.28. The normalized spacial score (nSPS) is 12.5. The van der Waals surface area contributed by atoms with Gasteiger partial charge in [-0.2, -0.15) is 0 Å². The van der Waals surface area contributed by atoms with Crippen LogP contribution >= 0.6 is 11.5 Å². The summed E-state index contributed by atoms with van der Waals surface area (Å²) < 4.78 is 5.28. The van der Waals surface area contributed by atoms with E-state index in [4.69, 9.17) is 0 Å². The number of hydrogen-bond donors (Lipinski definition) is 0. The highest BCUT2D eigenvalue weighted by Gasteiger charge is 1.84. The average molecular weight is 130 g/mol. The summed E-state index contributed by atoms with van der Waals surface area (Å²) in [4.78, 5) is 4.72. The molecule has 8 heavy (non-hydrogen) atoms. The van der Waals surface area contributed by atoms with Crippen LogP contribution in [-0.4, -0.2) is 21.4 Å². The Morgan fingerprint density at radius 1 is 1.75 bits per heavy atom. The van der Waals surface area contributed by atoms with Gasteiger partial charge in [0.1, 0.15) is 0 Å². The predicted molar refractivity (Wildman–Crippen MR) is 30.4 cm³/mol. The van der Waals surface area contributed by atoms with Crippen molar-refractivity contribution < 1.29 is 0 Å². The molecule has 0 amide bonds. The first-order chi connectivity index (χ1) is 3.84. The third-order valence-corrected chi connectivity index (χ3v) is 1.53. The van der Waals surface area contributed by atoms with Crippen LogP contribution in [0, 0.1) is 0 Å². The van der Waals surface area contributed by atoms with Crippen LogP contribution in [0.4, 0.5) is 0 Å². The van der Waals surface area contributed by atoms with Crippen molar-refractivity contribution in [2.45, 2.75) is 0 Å². The maximum atomic E-state index is 3.89. The van der Waals surface area contributed by atoms with E-state index < -0.39 is 0 Å². The van der Waals surface area contributed by atoms with E-state index in [9.17, 15) is 0 Å². The SMILES string of the molecule is CN=c1snnn1C. The first kappa shape index (κ1) is 5.43. The minimum absolute atomic E-state index is 0.838. The molecular weight excluding hydrogens is 124 g/mol. The number of rotatable bonds is 0. The van der Waals surface area contributed by atoms with Crippen molar-refractivity contribution in [1.29, 1.82) is 0 Å². The predicted octanol–water partition coefficient (Wildman–Crippen LogP) is -0.593. The van der Waals surface area contributed by atoms with Gasteiger partial charge in [0.05, 0.1) is 0 Å². The molecule has 0 radical (unpaired) electrons. The Hall–Kier alpha value is -0.710. The van der Waals surface area contributed by atoms with Crippen molar-refractivity contribution in [3.05, 3.63) is 4.80 Å². The molecule has 0 fully saturated rings. The lowest BCUT2D eigenvalue weighted by atomic mass is 11.2. The number of nitrogens with zero attached hydrogens (tertiary/aromatic N) is 4. The van der Waals surface area contributed by atoms with Crippen LogP contribution in [0.1, 0.15) is 0 Å². The zero-order chi connectivity index (χ0) is 5.98. The van der Waals surface area contributed by atoms with E-state index in [0.29, 0.717) is 0 Å². The lowest BCUT2D eigenvalue weighted by Gasteiger charge is -1.78. The molecule has 0 aliphatic heterocycles. The summed E-state index contributed by atoms with van der Waals surface area (Å²) in [5.74, 6) is 0. The Balaban J connectivity index is 3.31. The summed E-state index contributed by atoms with van der Waals surface area (Å²) in [5.41, 5.74) is 0. The summed E-state index contributed by atoms with van der Waals surface area (Å²) in [7, 11) is 3.53. The highest BCUT2D eigenvalue weighted by molar-refractivity contribution is 7.02. The van der Waals surface area contributed by atoms with Gasteiger partial charge in [-0.3, -0.25) is 4.99 Å². The van der Waals surface area contributed by atoms with Crippen LogP contribution in [0.5, 0.6) is 0 Å². The molecule has 1 aromatic heterocycles. The van der Waals surface area contributed by atoms with E-state index >= 15 is 0 Å². The first-order valence-electron chi connectivity index (χ1n) is 2.13. The molecule has 44 valence electrons. The van der Waals surface area contributed by atoms with Gasteiger partial charge in [-0.15, -0.1) is 0 Å². The Kier molecular flexibility index (Phi) is 1.38. The topological polar surface area (TPSA) is 43.1 Å². The standard InChI is InChI=1S/C3H6N4S/c1-4-3-7(2)5-6-8-3/h1-2H3. The summed E-state index contributed by atoms with van der Waals surface area (Å²) in [6.45, 7) is 0. The van der Waals surface area contributed by atoms with Crippen LogP contribution in [0.15, 0.2) is 4.99 Å². The molecule has 0 aromatic carbocycles. The van der Waals surface area contributed by atoms with Crippen LogP contribution in [-0.2, 0) is 7.05 Å². The van der Waals surface area contributed by atoms with E-state index in [1.54, 1.807) is 11.7 Å². The van der Waals surface area contributed by atoms with E-state index in [2.05, 4.69) is 14.7 Å². The number of aromatic nitrogens is 3. The van der Waals surface area contributed by atoms with Gasteiger partial charge >= 0.3 is 0 Å². The molecule has 1 heterocycles. The summed E-state index contributed by atoms with van der Waals surface area (Å²) in [5, 5.41) is 3.68. The second-order valence-corrected chi connectivity index (χ2v) is 2.00. The van der Waals surface area contributed by atoms with E-state index in [1.807, 2.05) is 7.05 Å². The summed E-state index contributed by atoms with van der Waals surface area (Å²) in [6.07, 6.45) is 0. The van der Waals surface area contributed by atoms with Crippen LogP contribution in [0.3, 0.4) is 0 Å². The van der Waals surface area contributed by atoms with Crippen molar-refractivity contribution in [3.8, 4) is 0 Å². The van der Waals surface area contributed by atoms with Crippen molar-refractivity contribution in [2.24, 2.45) is 12.0 Å². The fourth-order valence-electron chi connectivity index (χ4n) is 0.392. The van der Waals surface area contributed by atoms with Crippen LogP contribution in [0.2, 0.25) is 0 Å². The molecule has 4 nitrogen and oxygen atoms in total. The highest BCUT2D eigenvalue weighted by Crippen LogP contribution is 1.69. The largest absolute Gasteiger partial charge is 0.260 e. The molecule has 1 aromatic rings. The smallest absolute Gasteiger partial charge is 0.221 e. The minimum atomic E-state index is 0.838. The molecule has 1 rings (SSSR count). The van der Waals surface area contributed by atoms with E-state index in [1.165, 1.54) is 11.5 Å². The lowest BCUT2D eigenvalue weighted by molar-refractivity contribution is 0.684. The van der Waals surface area contributed by atoms with Gasteiger partial charge in [-0.1, -0.05) is 9.70 Å². The maximum absolute atomic E-state index is 3.89. The molecule has 0 N–H and O–H groups in total. The zero-order valence-corrected chi connectivity index (χ0v) is 5.51. The van der Waals surface area contributed by atoms with Crippen molar-refractivity contribution in [2.75, 3.05) is 7.05 Å². The second-order valence-electron chi connectivity index (χ2n) is 1.29. The molecule has 0 aliphatic rings. The van der Waals surface area contributed by atoms with Crippen molar-refractivity contribution >= 4 is 11.5 Å². The Bertz CT molecular complexity index is 221. The molecule has 0 spiro atoms. The second kappa shape index (κ2) is 2.04. The summed E-state index contributed by atoms with van der Waals surface area (Å²) in [6, 6.07) is 0. The average Bonchev–Trinajstić information content (AvgIpc) is 2.14. The monoisotopic (exact) mass is 130 g/mol. The Morgan fingerprint density at radius 2 is 2.50 bits per heavy atom. The van der Waals surface area contributed by atoms with Gasteiger partial charge in [0.2, 0.25) is 4.80 Å². The van der Waals surface area contributed by atoms with Gasteiger partial charge in [0.15, 0.2) is 0 Å².